The molecule has 0 fully saturated rings. The number of hydrogen-bond acceptors (Lipinski definition) is 4. The van der Waals surface area contributed by atoms with Crippen LogP contribution in [-0.4, -0.2) is 39.6 Å². The lowest BCUT2D eigenvalue weighted by Crippen LogP contribution is -2.30. The Balaban J connectivity index is 1.82. The van der Waals surface area contributed by atoms with Gasteiger partial charge in [-0.25, -0.2) is 0 Å². The third-order valence-electron chi connectivity index (χ3n) is 2.42. The molecule has 2 N–H and O–H groups in total. The van der Waals surface area contributed by atoms with Crippen molar-refractivity contribution < 1.29 is 9.47 Å². The van der Waals surface area contributed by atoms with Crippen LogP contribution in [0.4, 0.5) is 0 Å². The third-order valence-corrected chi connectivity index (χ3v) is 2.42. The maximum atomic E-state index is 5.56. The van der Waals surface area contributed by atoms with E-state index >= 15 is 0 Å². The van der Waals surface area contributed by atoms with Gasteiger partial charge in [0.15, 0.2) is 0 Å². The summed E-state index contributed by atoms with van der Waals surface area (Å²) in [4.78, 5) is 0. The van der Waals surface area contributed by atoms with Gasteiger partial charge in [0, 0.05) is 26.2 Å². The minimum absolute atomic E-state index is 0.628. The molecule has 0 saturated carbocycles. The topological polar surface area (TPSA) is 42.5 Å². The molecule has 4 nitrogen and oxygen atoms in total. The fourth-order valence-electron chi connectivity index (χ4n) is 1.46. The molecule has 0 bridgehead atoms. The van der Waals surface area contributed by atoms with Crippen LogP contribution in [0.1, 0.15) is 12.5 Å². The van der Waals surface area contributed by atoms with E-state index in [-0.39, 0.29) is 0 Å². The monoisotopic (exact) mass is 252 g/mol. The van der Waals surface area contributed by atoms with E-state index in [9.17, 15) is 0 Å². The summed E-state index contributed by atoms with van der Waals surface area (Å²) in [6, 6.07) is 10.2. The van der Waals surface area contributed by atoms with Gasteiger partial charge in [0.05, 0.1) is 19.9 Å². The molecule has 1 rings (SSSR count). The van der Waals surface area contributed by atoms with E-state index in [1.807, 2.05) is 25.1 Å². The molecule has 0 aliphatic rings. The Bertz CT molecular complexity index is 280. The molecule has 1 aromatic carbocycles. The first-order chi connectivity index (χ1) is 8.93. The number of nitrogens with one attached hydrogen (secondary N) is 2. The van der Waals surface area contributed by atoms with Crippen LogP contribution in [0.3, 0.4) is 0 Å². The predicted octanol–water partition coefficient (Wildman–Crippen LogP) is 1.38. The number of rotatable bonds is 11. The molecular weight excluding hydrogens is 228 g/mol. The SMILES string of the molecule is CCOCNCCNCCOCc1ccccc1. The van der Waals surface area contributed by atoms with Gasteiger partial charge in [-0.1, -0.05) is 30.3 Å². The van der Waals surface area contributed by atoms with Gasteiger partial charge >= 0.3 is 0 Å². The average molecular weight is 252 g/mol. The van der Waals surface area contributed by atoms with Crippen LogP contribution in [0, 0.1) is 0 Å². The van der Waals surface area contributed by atoms with Crippen LogP contribution in [0.15, 0.2) is 30.3 Å². The lowest BCUT2D eigenvalue weighted by atomic mass is 10.2. The average Bonchev–Trinajstić information content (AvgIpc) is 2.42. The highest BCUT2D eigenvalue weighted by molar-refractivity contribution is 5.13. The summed E-state index contributed by atoms with van der Waals surface area (Å²) in [5.41, 5.74) is 1.22. The summed E-state index contributed by atoms with van der Waals surface area (Å²) < 4.78 is 10.7. The Labute approximate surface area is 110 Å². The fraction of sp³-hybridized carbons (Fsp3) is 0.571. The molecule has 0 aromatic heterocycles. The Morgan fingerprint density at radius 1 is 0.944 bits per heavy atom. The summed E-state index contributed by atoms with van der Waals surface area (Å²) in [5, 5.41) is 6.48. The van der Waals surface area contributed by atoms with Crippen LogP contribution in [0.2, 0.25) is 0 Å². The van der Waals surface area contributed by atoms with Gasteiger partial charge in [0.2, 0.25) is 0 Å². The predicted molar refractivity (Wildman–Crippen MR) is 73.5 cm³/mol. The molecule has 18 heavy (non-hydrogen) atoms. The largest absolute Gasteiger partial charge is 0.375 e. The molecule has 0 atom stereocenters. The van der Waals surface area contributed by atoms with Crippen LogP contribution in [0.5, 0.6) is 0 Å². The summed E-state index contributed by atoms with van der Waals surface area (Å²) >= 11 is 0. The van der Waals surface area contributed by atoms with E-state index in [4.69, 9.17) is 9.47 Å². The second-order valence-corrected chi connectivity index (χ2v) is 3.93. The standard InChI is InChI=1S/C14H24N2O2/c1-2-17-13-16-9-8-15-10-11-18-12-14-6-4-3-5-7-14/h3-7,15-16H,2,8-13H2,1H3. The van der Waals surface area contributed by atoms with Gasteiger partial charge in [-0.3, -0.25) is 5.32 Å². The van der Waals surface area contributed by atoms with Crippen LogP contribution in [0.25, 0.3) is 0 Å². The molecule has 4 heteroatoms. The van der Waals surface area contributed by atoms with Crippen molar-refractivity contribution in [3.8, 4) is 0 Å². The van der Waals surface area contributed by atoms with Gasteiger partial charge < -0.3 is 14.8 Å². The Morgan fingerprint density at radius 2 is 1.72 bits per heavy atom. The minimum atomic E-state index is 0.628. The zero-order valence-electron chi connectivity index (χ0n) is 11.2. The Morgan fingerprint density at radius 3 is 2.50 bits per heavy atom. The molecule has 0 spiro atoms. The van der Waals surface area contributed by atoms with Crippen molar-refractivity contribution in [1.82, 2.24) is 10.6 Å². The van der Waals surface area contributed by atoms with Crippen molar-refractivity contribution in [3.05, 3.63) is 35.9 Å². The maximum absolute atomic E-state index is 5.56. The van der Waals surface area contributed by atoms with E-state index in [1.54, 1.807) is 0 Å². The molecule has 102 valence electrons. The van der Waals surface area contributed by atoms with E-state index in [0.717, 1.165) is 32.8 Å². The van der Waals surface area contributed by atoms with Crippen molar-refractivity contribution >= 4 is 0 Å². The van der Waals surface area contributed by atoms with Crippen molar-refractivity contribution in [3.63, 3.8) is 0 Å². The summed E-state index contributed by atoms with van der Waals surface area (Å²) in [5.74, 6) is 0. The summed E-state index contributed by atoms with van der Waals surface area (Å²) in [6.45, 7) is 7.52. The first-order valence-electron chi connectivity index (χ1n) is 6.54. The highest BCUT2D eigenvalue weighted by Crippen LogP contribution is 1.99. The van der Waals surface area contributed by atoms with Crippen molar-refractivity contribution in [2.24, 2.45) is 0 Å². The van der Waals surface area contributed by atoms with Crippen molar-refractivity contribution in [2.45, 2.75) is 13.5 Å². The van der Waals surface area contributed by atoms with Gasteiger partial charge in [0.1, 0.15) is 0 Å². The van der Waals surface area contributed by atoms with Crippen LogP contribution < -0.4 is 10.6 Å². The first kappa shape index (κ1) is 15.1. The molecule has 0 unspecified atom stereocenters. The lowest BCUT2D eigenvalue weighted by molar-refractivity contribution is 0.120. The Kier molecular flexibility index (Phi) is 9.38. The first-order valence-corrected chi connectivity index (χ1v) is 6.54. The molecule has 0 amide bonds. The van der Waals surface area contributed by atoms with Gasteiger partial charge in [0.25, 0.3) is 0 Å². The molecular formula is C14H24N2O2. The number of hydrogen-bond donors (Lipinski definition) is 2. The van der Waals surface area contributed by atoms with Crippen molar-refractivity contribution in [2.75, 3.05) is 39.6 Å². The highest BCUT2D eigenvalue weighted by atomic mass is 16.5. The second kappa shape index (κ2) is 11.2. The third kappa shape index (κ3) is 8.20. The summed E-state index contributed by atoms with van der Waals surface area (Å²) in [7, 11) is 0. The van der Waals surface area contributed by atoms with Gasteiger partial charge in [-0.05, 0) is 12.5 Å². The molecule has 1 aromatic rings. The zero-order chi connectivity index (χ0) is 12.9. The second-order valence-electron chi connectivity index (χ2n) is 3.93. The van der Waals surface area contributed by atoms with Crippen LogP contribution in [-0.2, 0) is 16.1 Å². The van der Waals surface area contributed by atoms with Gasteiger partial charge in [-0.15, -0.1) is 0 Å². The van der Waals surface area contributed by atoms with Crippen LogP contribution >= 0.6 is 0 Å². The molecule has 0 aliphatic heterocycles. The normalized spacial score (nSPS) is 10.7. The maximum Gasteiger partial charge on any atom is 0.0965 e. The Hall–Kier alpha value is -0.940. The van der Waals surface area contributed by atoms with E-state index in [2.05, 4.69) is 22.8 Å². The number of benzene rings is 1. The van der Waals surface area contributed by atoms with Gasteiger partial charge in [-0.2, -0.15) is 0 Å². The fourth-order valence-corrected chi connectivity index (χ4v) is 1.46. The minimum Gasteiger partial charge on any atom is -0.375 e. The molecule has 0 aliphatic carbocycles. The van der Waals surface area contributed by atoms with Crippen molar-refractivity contribution in [1.29, 1.82) is 0 Å². The van der Waals surface area contributed by atoms with E-state index in [0.29, 0.717) is 13.3 Å². The van der Waals surface area contributed by atoms with E-state index < -0.39 is 0 Å². The zero-order valence-corrected chi connectivity index (χ0v) is 11.2. The molecule has 0 saturated heterocycles. The highest BCUT2D eigenvalue weighted by Gasteiger charge is 1.92. The number of ether oxygens (including phenoxy) is 2. The summed E-state index contributed by atoms with van der Waals surface area (Å²) in [6.07, 6.45) is 0. The molecule has 0 radical (unpaired) electrons. The smallest absolute Gasteiger partial charge is 0.0965 e. The molecule has 0 heterocycles. The lowest BCUT2D eigenvalue weighted by Gasteiger charge is -2.07. The quantitative estimate of drug-likeness (QED) is 0.461. The van der Waals surface area contributed by atoms with E-state index in [1.165, 1.54) is 5.56 Å².